The quantitative estimate of drug-likeness (QED) is 0.634. The van der Waals surface area contributed by atoms with Crippen molar-refractivity contribution in [2.75, 3.05) is 0 Å². The van der Waals surface area contributed by atoms with E-state index in [0.717, 1.165) is 5.56 Å². The molecule has 2 rings (SSSR count). The van der Waals surface area contributed by atoms with E-state index in [0.29, 0.717) is 17.0 Å². The van der Waals surface area contributed by atoms with Gasteiger partial charge in [-0.15, -0.1) is 0 Å². The zero-order valence-corrected chi connectivity index (χ0v) is 11.8. The van der Waals surface area contributed by atoms with Crippen LogP contribution >= 0.6 is 0 Å². The molecule has 1 aromatic carbocycles. The molecule has 0 aliphatic carbocycles. The number of esters is 1. The molecule has 0 saturated carbocycles. The van der Waals surface area contributed by atoms with Gasteiger partial charge in [-0.2, -0.15) is 0 Å². The number of aryl methyl sites for hydroxylation is 2. The summed E-state index contributed by atoms with van der Waals surface area (Å²) in [4.78, 5) is 23.9. The van der Waals surface area contributed by atoms with Gasteiger partial charge in [0.05, 0.1) is 5.56 Å². The summed E-state index contributed by atoms with van der Waals surface area (Å²) < 4.78 is 6.87. The zero-order chi connectivity index (χ0) is 14.7. The van der Waals surface area contributed by atoms with Crippen molar-refractivity contribution in [1.29, 1.82) is 0 Å². The molecule has 104 valence electrons. The number of hydrogen-bond donors (Lipinski definition) is 0. The molecule has 0 bridgehead atoms. The predicted molar refractivity (Wildman–Crippen MR) is 76.0 cm³/mol. The van der Waals surface area contributed by atoms with Gasteiger partial charge in [0.15, 0.2) is 5.78 Å². The molecule has 0 N–H and O–H groups in total. The summed E-state index contributed by atoms with van der Waals surface area (Å²) in [5.41, 5.74) is 2.07. The Balaban J connectivity index is 2.35. The van der Waals surface area contributed by atoms with Crippen LogP contribution in [0.5, 0.6) is 5.88 Å². The fraction of sp³-hybridized carbons (Fsp3) is 0.250. The highest BCUT2D eigenvalue weighted by Crippen LogP contribution is 2.23. The van der Waals surface area contributed by atoms with Crippen molar-refractivity contribution in [3.8, 4) is 5.88 Å². The van der Waals surface area contributed by atoms with E-state index in [1.165, 1.54) is 0 Å². The van der Waals surface area contributed by atoms with Crippen molar-refractivity contribution in [1.82, 2.24) is 4.57 Å². The van der Waals surface area contributed by atoms with Crippen molar-refractivity contribution >= 4 is 11.8 Å². The summed E-state index contributed by atoms with van der Waals surface area (Å²) in [6.45, 7) is 3.68. The minimum Gasteiger partial charge on any atom is -0.408 e. The van der Waals surface area contributed by atoms with E-state index in [-0.39, 0.29) is 18.2 Å². The second-order valence-corrected chi connectivity index (χ2v) is 4.67. The van der Waals surface area contributed by atoms with E-state index >= 15 is 0 Å². The summed E-state index contributed by atoms with van der Waals surface area (Å²) >= 11 is 0. The Labute approximate surface area is 118 Å². The van der Waals surface area contributed by atoms with Crippen LogP contribution in [-0.4, -0.2) is 16.3 Å². The molecule has 0 spiro atoms. The van der Waals surface area contributed by atoms with Gasteiger partial charge in [0.1, 0.15) is 0 Å². The number of rotatable bonds is 4. The highest BCUT2D eigenvalue weighted by atomic mass is 16.5. The molecule has 1 heterocycles. The standard InChI is InChI=1S/C16H17NO3/c1-4-14(18)20-16-13(9-10-17(16)3)15(19)12-7-5-11(2)6-8-12/h5-10H,4H2,1-3H3. The Morgan fingerprint density at radius 1 is 1.15 bits per heavy atom. The van der Waals surface area contributed by atoms with Crippen LogP contribution in [0.3, 0.4) is 0 Å². The minimum absolute atomic E-state index is 0.149. The van der Waals surface area contributed by atoms with Gasteiger partial charge in [-0.25, -0.2) is 0 Å². The average Bonchev–Trinajstić information content (AvgIpc) is 2.80. The molecule has 1 aromatic heterocycles. The zero-order valence-electron chi connectivity index (χ0n) is 11.8. The Morgan fingerprint density at radius 3 is 2.40 bits per heavy atom. The first-order valence-corrected chi connectivity index (χ1v) is 6.50. The summed E-state index contributed by atoms with van der Waals surface area (Å²) in [6.07, 6.45) is 1.98. The first kappa shape index (κ1) is 14.1. The van der Waals surface area contributed by atoms with Crippen LogP contribution in [0.1, 0.15) is 34.8 Å². The Morgan fingerprint density at radius 2 is 1.80 bits per heavy atom. The van der Waals surface area contributed by atoms with Crippen LogP contribution < -0.4 is 4.74 Å². The second kappa shape index (κ2) is 5.74. The lowest BCUT2D eigenvalue weighted by molar-refractivity contribution is -0.134. The summed E-state index contributed by atoms with van der Waals surface area (Å²) in [5.74, 6) is -0.211. The van der Waals surface area contributed by atoms with E-state index < -0.39 is 0 Å². The lowest BCUT2D eigenvalue weighted by Gasteiger charge is -2.07. The van der Waals surface area contributed by atoms with Crippen LogP contribution in [0.25, 0.3) is 0 Å². The van der Waals surface area contributed by atoms with E-state index in [2.05, 4.69) is 0 Å². The third kappa shape index (κ3) is 2.79. The number of benzene rings is 1. The van der Waals surface area contributed by atoms with Crippen molar-refractivity contribution in [2.45, 2.75) is 20.3 Å². The fourth-order valence-electron chi connectivity index (χ4n) is 1.86. The molecule has 20 heavy (non-hydrogen) atoms. The Hall–Kier alpha value is -2.36. The van der Waals surface area contributed by atoms with E-state index in [4.69, 9.17) is 4.74 Å². The largest absolute Gasteiger partial charge is 0.408 e. The third-order valence-electron chi connectivity index (χ3n) is 3.07. The predicted octanol–water partition coefficient (Wildman–Crippen LogP) is 2.88. The molecule has 0 unspecified atom stereocenters. The molecule has 0 aliphatic heterocycles. The van der Waals surface area contributed by atoms with Crippen molar-refractivity contribution < 1.29 is 14.3 Å². The third-order valence-corrected chi connectivity index (χ3v) is 3.07. The molecule has 2 aromatic rings. The Bertz CT molecular complexity index is 638. The monoisotopic (exact) mass is 271 g/mol. The van der Waals surface area contributed by atoms with Gasteiger partial charge in [-0.1, -0.05) is 36.8 Å². The average molecular weight is 271 g/mol. The lowest BCUT2D eigenvalue weighted by Crippen LogP contribution is -2.12. The number of ether oxygens (including phenoxy) is 1. The van der Waals surface area contributed by atoms with E-state index in [9.17, 15) is 9.59 Å². The first-order valence-electron chi connectivity index (χ1n) is 6.50. The number of carbonyl (C=O) groups is 2. The summed E-state index contributed by atoms with van der Waals surface area (Å²) in [7, 11) is 1.74. The number of nitrogens with zero attached hydrogens (tertiary/aromatic N) is 1. The summed E-state index contributed by atoms with van der Waals surface area (Å²) in [6, 6.07) is 8.98. The van der Waals surface area contributed by atoms with Gasteiger partial charge in [0, 0.05) is 25.2 Å². The topological polar surface area (TPSA) is 48.3 Å². The van der Waals surface area contributed by atoms with Crippen molar-refractivity contribution in [3.05, 3.63) is 53.2 Å². The smallest absolute Gasteiger partial charge is 0.312 e. The maximum Gasteiger partial charge on any atom is 0.312 e. The number of ketones is 1. The normalized spacial score (nSPS) is 10.3. The number of hydrogen-bond acceptors (Lipinski definition) is 3. The Kier molecular flexibility index (Phi) is 4.03. The van der Waals surface area contributed by atoms with Crippen LogP contribution in [-0.2, 0) is 11.8 Å². The summed E-state index contributed by atoms with van der Waals surface area (Å²) in [5, 5.41) is 0. The van der Waals surface area contributed by atoms with Crippen molar-refractivity contribution in [3.63, 3.8) is 0 Å². The van der Waals surface area contributed by atoms with Gasteiger partial charge in [-0.05, 0) is 13.0 Å². The van der Waals surface area contributed by atoms with Gasteiger partial charge < -0.3 is 9.30 Å². The maximum absolute atomic E-state index is 12.5. The molecule has 0 amide bonds. The van der Waals surface area contributed by atoms with E-state index in [1.54, 1.807) is 42.9 Å². The molecule has 0 atom stereocenters. The fourth-order valence-corrected chi connectivity index (χ4v) is 1.86. The van der Waals surface area contributed by atoms with Gasteiger partial charge in [0.25, 0.3) is 0 Å². The van der Waals surface area contributed by atoms with Gasteiger partial charge in [0.2, 0.25) is 5.88 Å². The number of carbonyl (C=O) groups excluding carboxylic acids is 2. The molecule has 4 heteroatoms. The molecule has 0 aliphatic rings. The van der Waals surface area contributed by atoms with Gasteiger partial charge >= 0.3 is 5.97 Å². The van der Waals surface area contributed by atoms with Gasteiger partial charge in [-0.3, -0.25) is 9.59 Å². The van der Waals surface area contributed by atoms with Crippen LogP contribution in [0.4, 0.5) is 0 Å². The number of aromatic nitrogens is 1. The second-order valence-electron chi connectivity index (χ2n) is 4.67. The molecule has 0 radical (unpaired) electrons. The first-order chi connectivity index (χ1) is 9.52. The highest BCUT2D eigenvalue weighted by Gasteiger charge is 2.19. The SMILES string of the molecule is CCC(=O)Oc1c(C(=O)c2ccc(C)cc2)ccn1C. The minimum atomic E-state index is -0.357. The van der Waals surface area contributed by atoms with E-state index in [1.807, 2.05) is 19.1 Å². The maximum atomic E-state index is 12.5. The highest BCUT2D eigenvalue weighted by molar-refractivity contribution is 6.10. The molecular weight excluding hydrogens is 254 g/mol. The van der Waals surface area contributed by atoms with Crippen LogP contribution in [0.2, 0.25) is 0 Å². The van der Waals surface area contributed by atoms with Crippen molar-refractivity contribution in [2.24, 2.45) is 7.05 Å². The molecular formula is C16H17NO3. The molecule has 0 fully saturated rings. The van der Waals surface area contributed by atoms with Crippen LogP contribution in [0.15, 0.2) is 36.5 Å². The lowest BCUT2D eigenvalue weighted by atomic mass is 10.0. The molecule has 4 nitrogen and oxygen atoms in total. The van der Waals surface area contributed by atoms with Crippen LogP contribution in [0, 0.1) is 6.92 Å². The molecule has 0 saturated heterocycles.